The molecule has 0 aromatic heterocycles. The molecule has 1 saturated heterocycles. The molecule has 0 aliphatic carbocycles. The van der Waals surface area contributed by atoms with Crippen LogP contribution in [0.15, 0.2) is 71.0 Å². The Morgan fingerprint density at radius 3 is 2.67 bits per heavy atom. The number of carboxylic acids is 1. The average Bonchev–Trinajstić information content (AvgIpc) is 3.29. The topological polar surface area (TPSA) is 124 Å². The summed E-state index contributed by atoms with van der Waals surface area (Å²) in [5, 5.41) is 10.9. The lowest BCUT2D eigenvalue weighted by atomic mass is 10.1. The number of aliphatic carboxylic acids is 1. The Bertz CT molecular complexity index is 1460. The number of carbonyl (C=O) groups excluding carboxylic acids is 1. The van der Waals surface area contributed by atoms with E-state index in [9.17, 15) is 18.0 Å². The molecule has 4 rings (SSSR count). The van der Waals surface area contributed by atoms with E-state index in [1.54, 1.807) is 25.2 Å². The SMILES string of the molecule is CC(=CC=C1Oc2ccc3ccccc3c2N1CCCS(=O)(=O)O)C=C1SC(=S)N(CC(=O)O)C1=O. The van der Waals surface area contributed by atoms with Crippen molar-refractivity contribution in [3.63, 3.8) is 0 Å². The molecule has 2 aliphatic heterocycles. The molecule has 36 heavy (non-hydrogen) atoms. The Morgan fingerprint density at radius 1 is 1.19 bits per heavy atom. The number of rotatable bonds is 8. The van der Waals surface area contributed by atoms with Gasteiger partial charge < -0.3 is 14.7 Å². The molecule has 0 spiro atoms. The first-order chi connectivity index (χ1) is 17.0. The standard InChI is InChI=1S/C24H22N2O7S3/c1-15(13-19-23(29)26(14-21(27)28)24(34)35-19)7-10-20-25(11-4-12-36(30,31)32)22-17-6-3-2-5-16(17)8-9-18(22)33-20/h2-3,5-10,13H,4,11-12,14H2,1H3,(H,27,28)(H,30,31,32). The second kappa shape index (κ2) is 10.4. The molecule has 2 aromatic carbocycles. The van der Waals surface area contributed by atoms with Crippen LogP contribution in [0.4, 0.5) is 5.69 Å². The fourth-order valence-corrected chi connectivity index (χ4v) is 5.65. The molecule has 1 fully saturated rings. The molecule has 0 radical (unpaired) electrons. The highest BCUT2D eigenvalue weighted by Crippen LogP contribution is 2.44. The lowest BCUT2D eigenvalue weighted by molar-refractivity contribution is -0.140. The number of anilines is 1. The van der Waals surface area contributed by atoms with Crippen molar-refractivity contribution in [2.45, 2.75) is 13.3 Å². The molecule has 0 saturated carbocycles. The summed E-state index contributed by atoms with van der Waals surface area (Å²) in [4.78, 5) is 26.7. The highest BCUT2D eigenvalue weighted by Gasteiger charge is 2.33. The first-order valence-corrected chi connectivity index (χ1v) is 13.6. The van der Waals surface area contributed by atoms with E-state index in [1.807, 2.05) is 41.3 Å². The van der Waals surface area contributed by atoms with Gasteiger partial charge in [0.1, 0.15) is 10.9 Å². The molecule has 0 atom stereocenters. The van der Waals surface area contributed by atoms with Crippen LogP contribution in [0.5, 0.6) is 5.75 Å². The number of allylic oxidation sites excluding steroid dienone is 4. The van der Waals surface area contributed by atoms with Gasteiger partial charge in [-0.05, 0) is 42.5 Å². The van der Waals surface area contributed by atoms with Crippen LogP contribution in [0, 0.1) is 0 Å². The molecule has 188 valence electrons. The van der Waals surface area contributed by atoms with Crippen molar-refractivity contribution in [1.29, 1.82) is 0 Å². The number of fused-ring (bicyclic) bond motifs is 3. The van der Waals surface area contributed by atoms with E-state index in [1.165, 1.54) is 0 Å². The summed E-state index contributed by atoms with van der Waals surface area (Å²) in [6.45, 7) is 1.57. The molecular formula is C24H22N2O7S3. The van der Waals surface area contributed by atoms with E-state index < -0.39 is 28.5 Å². The van der Waals surface area contributed by atoms with Gasteiger partial charge in [0.05, 0.1) is 16.3 Å². The Hall–Kier alpha value is -3.19. The Balaban J connectivity index is 1.63. The van der Waals surface area contributed by atoms with Crippen molar-refractivity contribution >= 4 is 66.8 Å². The number of carbonyl (C=O) groups is 2. The van der Waals surface area contributed by atoms with Crippen LogP contribution in [-0.4, -0.2) is 58.0 Å². The number of thioether (sulfide) groups is 1. The van der Waals surface area contributed by atoms with Crippen LogP contribution >= 0.6 is 24.0 Å². The fourth-order valence-electron chi connectivity index (χ4n) is 3.85. The first-order valence-electron chi connectivity index (χ1n) is 10.8. The van der Waals surface area contributed by atoms with Crippen LogP contribution in [0.25, 0.3) is 10.8 Å². The van der Waals surface area contributed by atoms with Gasteiger partial charge in [0.2, 0.25) is 5.88 Å². The highest BCUT2D eigenvalue weighted by atomic mass is 32.2. The van der Waals surface area contributed by atoms with Gasteiger partial charge in [-0.1, -0.05) is 60.4 Å². The van der Waals surface area contributed by atoms with Crippen LogP contribution in [0.2, 0.25) is 0 Å². The van der Waals surface area contributed by atoms with Gasteiger partial charge >= 0.3 is 5.97 Å². The zero-order valence-electron chi connectivity index (χ0n) is 19.1. The van der Waals surface area contributed by atoms with Crippen molar-refractivity contribution in [2.75, 3.05) is 23.7 Å². The quantitative estimate of drug-likeness (QED) is 0.286. The van der Waals surface area contributed by atoms with Crippen LogP contribution in [-0.2, 0) is 19.7 Å². The number of thiocarbonyl (C=S) groups is 1. The van der Waals surface area contributed by atoms with Crippen LogP contribution in [0.1, 0.15) is 13.3 Å². The second-order valence-electron chi connectivity index (χ2n) is 8.10. The number of nitrogens with zero attached hydrogens (tertiary/aromatic N) is 2. The summed E-state index contributed by atoms with van der Waals surface area (Å²) in [6, 6.07) is 11.5. The Labute approximate surface area is 217 Å². The number of benzene rings is 2. The van der Waals surface area contributed by atoms with Gasteiger partial charge in [0.25, 0.3) is 16.0 Å². The molecule has 9 nitrogen and oxygen atoms in total. The van der Waals surface area contributed by atoms with Gasteiger partial charge in [-0.15, -0.1) is 0 Å². The third kappa shape index (κ3) is 5.78. The number of amides is 1. The van der Waals surface area contributed by atoms with Crippen LogP contribution in [0.3, 0.4) is 0 Å². The molecule has 2 N–H and O–H groups in total. The Morgan fingerprint density at radius 2 is 1.94 bits per heavy atom. The van der Waals surface area contributed by atoms with E-state index in [0.717, 1.165) is 33.1 Å². The minimum atomic E-state index is -4.11. The molecule has 2 heterocycles. The smallest absolute Gasteiger partial charge is 0.323 e. The van der Waals surface area contributed by atoms with Gasteiger partial charge in [0.15, 0.2) is 5.75 Å². The molecular weight excluding hydrogens is 524 g/mol. The highest BCUT2D eigenvalue weighted by molar-refractivity contribution is 8.26. The maximum Gasteiger partial charge on any atom is 0.323 e. The van der Waals surface area contributed by atoms with E-state index in [0.29, 0.717) is 22.1 Å². The number of hydrogen-bond donors (Lipinski definition) is 2. The van der Waals surface area contributed by atoms with Crippen molar-refractivity contribution in [2.24, 2.45) is 0 Å². The van der Waals surface area contributed by atoms with E-state index in [-0.39, 0.29) is 23.0 Å². The van der Waals surface area contributed by atoms with E-state index >= 15 is 0 Å². The number of ether oxygens (including phenoxy) is 1. The summed E-state index contributed by atoms with van der Waals surface area (Å²) in [5.41, 5.74) is 1.50. The maximum atomic E-state index is 12.5. The number of carboxylic acid groups (broad SMARTS) is 1. The summed E-state index contributed by atoms with van der Waals surface area (Å²) in [6.07, 6.45) is 5.25. The average molecular weight is 547 g/mol. The van der Waals surface area contributed by atoms with Gasteiger partial charge in [0, 0.05) is 11.9 Å². The van der Waals surface area contributed by atoms with Crippen LogP contribution < -0.4 is 9.64 Å². The van der Waals surface area contributed by atoms with Crippen molar-refractivity contribution in [3.8, 4) is 5.75 Å². The van der Waals surface area contributed by atoms with Crippen molar-refractivity contribution < 1.29 is 32.4 Å². The Kier molecular flexibility index (Phi) is 7.50. The lowest BCUT2D eigenvalue weighted by Crippen LogP contribution is -2.33. The molecule has 2 aliphatic rings. The summed E-state index contributed by atoms with van der Waals surface area (Å²) in [5.74, 6) is -0.917. The third-order valence-electron chi connectivity index (χ3n) is 5.41. The largest absolute Gasteiger partial charge is 0.480 e. The first kappa shape index (κ1) is 25.9. The predicted octanol–water partition coefficient (Wildman–Crippen LogP) is 3.93. The number of hydrogen-bond acceptors (Lipinski definition) is 8. The normalized spacial score (nSPS) is 18.4. The molecule has 0 unspecified atom stereocenters. The van der Waals surface area contributed by atoms with Gasteiger partial charge in [-0.3, -0.25) is 19.0 Å². The third-order valence-corrected chi connectivity index (χ3v) is 7.59. The van der Waals surface area contributed by atoms with Crippen molar-refractivity contribution in [1.82, 2.24) is 4.90 Å². The van der Waals surface area contributed by atoms with Gasteiger partial charge in [-0.25, -0.2) is 0 Å². The predicted molar refractivity (Wildman–Crippen MR) is 142 cm³/mol. The molecule has 12 heteroatoms. The second-order valence-corrected chi connectivity index (χ2v) is 11.4. The van der Waals surface area contributed by atoms with Gasteiger partial charge in [-0.2, -0.15) is 8.42 Å². The zero-order valence-corrected chi connectivity index (χ0v) is 21.5. The van der Waals surface area contributed by atoms with E-state index in [4.69, 9.17) is 26.6 Å². The molecule has 0 bridgehead atoms. The van der Waals surface area contributed by atoms with Crippen molar-refractivity contribution in [3.05, 3.63) is 71.0 Å². The summed E-state index contributed by atoms with van der Waals surface area (Å²) < 4.78 is 37.9. The zero-order chi connectivity index (χ0) is 26.0. The summed E-state index contributed by atoms with van der Waals surface area (Å²) >= 11 is 6.16. The minimum Gasteiger partial charge on any atom is -0.480 e. The molecule has 1 amide bonds. The van der Waals surface area contributed by atoms with E-state index in [2.05, 4.69) is 0 Å². The maximum absolute atomic E-state index is 12.5. The lowest BCUT2D eigenvalue weighted by Gasteiger charge is -2.19. The fraction of sp³-hybridized carbons (Fsp3) is 0.208. The summed E-state index contributed by atoms with van der Waals surface area (Å²) in [7, 11) is -4.11. The molecule has 2 aromatic rings. The monoisotopic (exact) mass is 546 g/mol. The minimum absolute atomic E-state index is 0.178.